The van der Waals surface area contributed by atoms with E-state index in [1.165, 1.54) is 38.8 Å². The van der Waals surface area contributed by atoms with Crippen LogP contribution in [-0.4, -0.2) is 6.54 Å². The van der Waals surface area contributed by atoms with Crippen molar-refractivity contribution in [1.82, 2.24) is 0 Å². The number of hydrogen-bond acceptors (Lipinski definition) is 2. The molecule has 2 N–H and O–H groups in total. The summed E-state index contributed by atoms with van der Waals surface area (Å²) < 4.78 is 0. The SMILES string of the molecule is Cc1cc2c(cc1C)N[C@@H](c1cccc3ccccc13)CN2. The number of fused-ring (bicyclic) bond motifs is 2. The third kappa shape index (κ3) is 2.12. The van der Waals surface area contributed by atoms with Gasteiger partial charge in [-0.2, -0.15) is 0 Å². The Kier molecular flexibility index (Phi) is 3.04. The van der Waals surface area contributed by atoms with Gasteiger partial charge < -0.3 is 10.6 Å². The van der Waals surface area contributed by atoms with Gasteiger partial charge in [0.15, 0.2) is 0 Å². The van der Waals surface area contributed by atoms with E-state index in [1.807, 2.05) is 0 Å². The third-order valence-electron chi connectivity index (χ3n) is 4.66. The van der Waals surface area contributed by atoms with Crippen LogP contribution in [0.3, 0.4) is 0 Å². The maximum absolute atomic E-state index is 3.71. The molecule has 110 valence electrons. The molecule has 0 fully saturated rings. The summed E-state index contributed by atoms with van der Waals surface area (Å²) in [5, 5.41) is 9.92. The van der Waals surface area contributed by atoms with Crippen molar-refractivity contribution in [2.75, 3.05) is 17.2 Å². The Balaban J connectivity index is 1.76. The monoisotopic (exact) mass is 288 g/mol. The lowest BCUT2D eigenvalue weighted by Crippen LogP contribution is -2.26. The van der Waals surface area contributed by atoms with Crippen molar-refractivity contribution in [2.45, 2.75) is 19.9 Å². The molecule has 4 rings (SSSR count). The zero-order chi connectivity index (χ0) is 15.1. The molecule has 0 amide bonds. The molecule has 22 heavy (non-hydrogen) atoms. The molecule has 3 aromatic rings. The number of benzene rings is 3. The van der Waals surface area contributed by atoms with Crippen molar-refractivity contribution in [3.05, 3.63) is 71.3 Å². The van der Waals surface area contributed by atoms with E-state index < -0.39 is 0 Å². The zero-order valence-corrected chi connectivity index (χ0v) is 13.0. The van der Waals surface area contributed by atoms with E-state index in [0.717, 1.165) is 6.54 Å². The number of rotatable bonds is 1. The summed E-state index contributed by atoms with van der Waals surface area (Å²) in [6, 6.07) is 19.9. The van der Waals surface area contributed by atoms with Crippen LogP contribution in [0, 0.1) is 13.8 Å². The molecule has 0 saturated heterocycles. The molecule has 1 aliphatic heterocycles. The van der Waals surface area contributed by atoms with Crippen LogP contribution in [0.1, 0.15) is 22.7 Å². The van der Waals surface area contributed by atoms with Crippen molar-refractivity contribution < 1.29 is 0 Å². The van der Waals surface area contributed by atoms with E-state index in [4.69, 9.17) is 0 Å². The van der Waals surface area contributed by atoms with E-state index in [-0.39, 0.29) is 0 Å². The van der Waals surface area contributed by atoms with Crippen molar-refractivity contribution in [2.24, 2.45) is 0 Å². The first kappa shape index (κ1) is 13.2. The summed E-state index contributed by atoms with van der Waals surface area (Å²) in [7, 11) is 0. The molecular formula is C20H20N2. The lowest BCUT2D eigenvalue weighted by Gasteiger charge is -2.30. The summed E-state index contributed by atoms with van der Waals surface area (Å²) in [6.07, 6.45) is 0. The normalized spacial score (nSPS) is 16.7. The molecule has 0 spiro atoms. The topological polar surface area (TPSA) is 24.1 Å². The maximum atomic E-state index is 3.71. The highest BCUT2D eigenvalue weighted by atomic mass is 15.1. The zero-order valence-electron chi connectivity index (χ0n) is 13.0. The average Bonchev–Trinajstić information content (AvgIpc) is 2.55. The van der Waals surface area contributed by atoms with Crippen molar-refractivity contribution in [3.63, 3.8) is 0 Å². The fourth-order valence-electron chi connectivity index (χ4n) is 3.27. The smallest absolute Gasteiger partial charge is 0.0693 e. The van der Waals surface area contributed by atoms with Crippen LogP contribution in [0.4, 0.5) is 11.4 Å². The predicted octanol–water partition coefficient (Wildman–Crippen LogP) is 5.04. The van der Waals surface area contributed by atoms with Gasteiger partial charge in [0.05, 0.1) is 17.4 Å². The molecule has 2 nitrogen and oxygen atoms in total. The highest BCUT2D eigenvalue weighted by molar-refractivity contribution is 5.87. The number of nitrogens with one attached hydrogen (secondary N) is 2. The van der Waals surface area contributed by atoms with Crippen LogP contribution >= 0.6 is 0 Å². The Labute approximate surface area is 131 Å². The molecular weight excluding hydrogens is 268 g/mol. The van der Waals surface area contributed by atoms with Gasteiger partial charge in [0.2, 0.25) is 0 Å². The Morgan fingerprint density at radius 1 is 0.864 bits per heavy atom. The van der Waals surface area contributed by atoms with E-state index >= 15 is 0 Å². The molecule has 0 saturated carbocycles. The van der Waals surface area contributed by atoms with Crippen LogP contribution in [0.5, 0.6) is 0 Å². The lowest BCUT2D eigenvalue weighted by molar-refractivity contribution is 0.810. The van der Waals surface area contributed by atoms with Gasteiger partial charge in [0.25, 0.3) is 0 Å². The van der Waals surface area contributed by atoms with Gasteiger partial charge in [-0.25, -0.2) is 0 Å². The molecule has 1 atom stereocenters. The predicted molar refractivity (Wildman–Crippen MR) is 94.7 cm³/mol. The maximum Gasteiger partial charge on any atom is 0.0693 e. The Bertz CT molecular complexity index is 846. The molecule has 1 heterocycles. The van der Waals surface area contributed by atoms with E-state index in [0.29, 0.717) is 6.04 Å². The minimum atomic E-state index is 0.292. The quantitative estimate of drug-likeness (QED) is 0.656. The van der Waals surface area contributed by atoms with Gasteiger partial charge in [-0.3, -0.25) is 0 Å². The minimum Gasteiger partial charge on any atom is -0.381 e. The number of aryl methyl sites for hydroxylation is 2. The van der Waals surface area contributed by atoms with E-state index in [9.17, 15) is 0 Å². The highest BCUT2D eigenvalue weighted by Crippen LogP contribution is 2.35. The molecule has 0 aliphatic carbocycles. The standard InChI is InChI=1S/C20H20N2/c1-13-10-18-19(11-14(13)2)22-20(12-21-18)17-9-5-7-15-6-3-4-8-16(15)17/h3-11,20-22H,12H2,1-2H3/t20-/m1/s1. The average molecular weight is 288 g/mol. The first-order chi connectivity index (χ1) is 10.7. The van der Waals surface area contributed by atoms with Gasteiger partial charge in [0.1, 0.15) is 0 Å². The summed E-state index contributed by atoms with van der Waals surface area (Å²) in [4.78, 5) is 0. The molecule has 3 aromatic carbocycles. The second-order valence-electron chi connectivity index (χ2n) is 6.13. The van der Waals surface area contributed by atoms with Crippen LogP contribution in [-0.2, 0) is 0 Å². The Morgan fingerprint density at radius 3 is 2.45 bits per heavy atom. The molecule has 0 radical (unpaired) electrons. The Morgan fingerprint density at radius 2 is 1.59 bits per heavy atom. The second kappa shape index (κ2) is 5.06. The largest absolute Gasteiger partial charge is 0.381 e. The van der Waals surface area contributed by atoms with Crippen LogP contribution < -0.4 is 10.6 Å². The van der Waals surface area contributed by atoms with Crippen molar-refractivity contribution in [3.8, 4) is 0 Å². The van der Waals surface area contributed by atoms with Crippen LogP contribution in [0.2, 0.25) is 0 Å². The summed E-state index contributed by atoms with van der Waals surface area (Å²) >= 11 is 0. The first-order valence-corrected chi connectivity index (χ1v) is 7.82. The lowest BCUT2D eigenvalue weighted by atomic mass is 9.96. The van der Waals surface area contributed by atoms with Gasteiger partial charge in [-0.15, -0.1) is 0 Å². The van der Waals surface area contributed by atoms with Gasteiger partial charge in [-0.1, -0.05) is 42.5 Å². The van der Waals surface area contributed by atoms with E-state index in [1.54, 1.807) is 0 Å². The van der Waals surface area contributed by atoms with Crippen LogP contribution in [0.15, 0.2) is 54.6 Å². The number of anilines is 2. The van der Waals surface area contributed by atoms with E-state index in [2.05, 4.69) is 79.1 Å². The third-order valence-corrected chi connectivity index (χ3v) is 4.66. The van der Waals surface area contributed by atoms with Crippen molar-refractivity contribution in [1.29, 1.82) is 0 Å². The van der Waals surface area contributed by atoms with Gasteiger partial charge >= 0.3 is 0 Å². The molecule has 0 aromatic heterocycles. The van der Waals surface area contributed by atoms with Gasteiger partial charge in [0, 0.05) is 6.54 Å². The Hall–Kier alpha value is -2.48. The summed E-state index contributed by atoms with van der Waals surface area (Å²) in [6.45, 7) is 5.23. The highest BCUT2D eigenvalue weighted by Gasteiger charge is 2.20. The number of hydrogen-bond donors (Lipinski definition) is 2. The fourth-order valence-corrected chi connectivity index (χ4v) is 3.27. The van der Waals surface area contributed by atoms with Crippen molar-refractivity contribution >= 4 is 22.1 Å². The summed E-state index contributed by atoms with van der Waals surface area (Å²) in [5.41, 5.74) is 6.42. The molecule has 0 bridgehead atoms. The fraction of sp³-hybridized carbons (Fsp3) is 0.200. The first-order valence-electron chi connectivity index (χ1n) is 7.82. The second-order valence-corrected chi connectivity index (χ2v) is 6.13. The molecule has 2 heteroatoms. The minimum absolute atomic E-state index is 0.292. The van der Waals surface area contributed by atoms with Gasteiger partial charge in [-0.05, 0) is 53.4 Å². The molecule has 1 aliphatic rings. The molecule has 0 unspecified atom stereocenters. The van der Waals surface area contributed by atoms with Crippen LogP contribution in [0.25, 0.3) is 10.8 Å². The summed E-state index contributed by atoms with van der Waals surface area (Å²) in [5.74, 6) is 0.